The first kappa shape index (κ1) is 18.1. The van der Waals surface area contributed by atoms with E-state index in [0.29, 0.717) is 23.7 Å². The van der Waals surface area contributed by atoms with Crippen LogP contribution in [0.5, 0.6) is 0 Å². The smallest absolute Gasteiger partial charge is 0.311 e. The van der Waals surface area contributed by atoms with Crippen molar-refractivity contribution in [2.24, 2.45) is 5.92 Å². The Labute approximate surface area is 156 Å². The molecule has 6 heteroatoms. The standard InChI is InChI=1S/C20H18ClNO4/c21-17-8-6-15(7-9-17)18(23)13-26-20(25)16-10-19(24)22(12-16)11-14-4-2-1-3-5-14/h1-9,16H,10-13H2. The first-order chi connectivity index (χ1) is 12.5. The second-order valence-corrected chi connectivity index (χ2v) is 6.64. The highest BCUT2D eigenvalue weighted by molar-refractivity contribution is 6.30. The van der Waals surface area contributed by atoms with Crippen LogP contribution >= 0.6 is 11.6 Å². The first-order valence-electron chi connectivity index (χ1n) is 8.30. The lowest BCUT2D eigenvalue weighted by molar-refractivity contribution is -0.147. The van der Waals surface area contributed by atoms with Crippen molar-refractivity contribution in [3.8, 4) is 0 Å². The topological polar surface area (TPSA) is 63.7 Å². The fraction of sp³-hybridized carbons (Fsp3) is 0.250. The molecule has 0 spiro atoms. The Balaban J connectivity index is 1.51. The molecule has 26 heavy (non-hydrogen) atoms. The fourth-order valence-corrected chi connectivity index (χ4v) is 2.99. The number of likely N-dealkylation sites (tertiary alicyclic amines) is 1. The average molecular weight is 372 g/mol. The number of carbonyl (C=O) groups is 3. The lowest BCUT2D eigenvalue weighted by Crippen LogP contribution is -2.27. The number of amides is 1. The van der Waals surface area contributed by atoms with E-state index in [-0.39, 0.29) is 24.7 Å². The number of Topliss-reactive ketones (excluding diaryl/α,β-unsaturated/α-hetero) is 1. The van der Waals surface area contributed by atoms with Crippen molar-refractivity contribution < 1.29 is 19.1 Å². The van der Waals surface area contributed by atoms with Gasteiger partial charge in [-0.2, -0.15) is 0 Å². The number of rotatable bonds is 6. The Morgan fingerprint density at radius 1 is 1.08 bits per heavy atom. The predicted molar refractivity (Wildman–Crippen MR) is 96.7 cm³/mol. The van der Waals surface area contributed by atoms with Crippen molar-refractivity contribution in [2.75, 3.05) is 13.2 Å². The van der Waals surface area contributed by atoms with Crippen LogP contribution in [0.3, 0.4) is 0 Å². The van der Waals surface area contributed by atoms with Gasteiger partial charge in [-0.05, 0) is 29.8 Å². The summed E-state index contributed by atoms with van der Waals surface area (Å²) in [6, 6.07) is 16.0. The van der Waals surface area contributed by atoms with Crippen LogP contribution in [0.2, 0.25) is 5.02 Å². The SMILES string of the molecule is O=C(COC(=O)C1CC(=O)N(Cc2ccccc2)C1)c1ccc(Cl)cc1. The maximum Gasteiger partial charge on any atom is 0.311 e. The Morgan fingerprint density at radius 3 is 2.46 bits per heavy atom. The monoisotopic (exact) mass is 371 g/mol. The van der Waals surface area contributed by atoms with Crippen LogP contribution in [0, 0.1) is 5.92 Å². The Bertz CT molecular complexity index is 804. The fourth-order valence-electron chi connectivity index (χ4n) is 2.86. The molecule has 1 atom stereocenters. The second kappa shape index (κ2) is 8.15. The number of hydrogen-bond donors (Lipinski definition) is 0. The van der Waals surface area contributed by atoms with E-state index >= 15 is 0 Å². The maximum atomic E-state index is 12.2. The highest BCUT2D eigenvalue weighted by atomic mass is 35.5. The molecule has 0 aromatic heterocycles. The molecule has 1 aliphatic heterocycles. The summed E-state index contributed by atoms with van der Waals surface area (Å²) in [5, 5.41) is 0.529. The van der Waals surface area contributed by atoms with E-state index in [4.69, 9.17) is 16.3 Å². The molecule has 1 unspecified atom stereocenters. The van der Waals surface area contributed by atoms with E-state index in [1.807, 2.05) is 30.3 Å². The number of carbonyl (C=O) groups excluding carboxylic acids is 3. The summed E-state index contributed by atoms with van der Waals surface area (Å²) >= 11 is 5.78. The number of nitrogens with zero attached hydrogens (tertiary/aromatic N) is 1. The zero-order valence-electron chi connectivity index (χ0n) is 14.1. The van der Waals surface area contributed by atoms with Crippen molar-refractivity contribution in [1.82, 2.24) is 4.90 Å². The summed E-state index contributed by atoms with van der Waals surface area (Å²) in [5.74, 6) is -1.44. The van der Waals surface area contributed by atoms with Gasteiger partial charge < -0.3 is 9.64 Å². The first-order valence-corrected chi connectivity index (χ1v) is 8.68. The lowest BCUT2D eigenvalue weighted by Gasteiger charge is -2.16. The van der Waals surface area contributed by atoms with Crippen molar-refractivity contribution in [1.29, 1.82) is 0 Å². The zero-order chi connectivity index (χ0) is 18.5. The number of halogens is 1. The van der Waals surface area contributed by atoms with Crippen LogP contribution in [0.25, 0.3) is 0 Å². The summed E-state index contributed by atoms with van der Waals surface area (Å²) in [7, 11) is 0. The molecule has 2 aromatic rings. The van der Waals surface area contributed by atoms with Gasteiger partial charge in [-0.1, -0.05) is 41.9 Å². The van der Waals surface area contributed by atoms with Gasteiger partial charge in [-0.3, -0.25) is 14.4 Å². The third kappa shape index (κ3) is 4.49. The zero-order valence-corrected chi connectivity index (χ0v) is 14.8. The van der Waals surface area contributed by atoms with Gasteiger partial charge in [0, 0.05) is 30.1 Å². The molecule has 0 N–H and O–H groups in total. The summed E-state index contributed by atoms with van der Waals surface area (Å²) in [5.41, 5.74) is 1.43. The Kier molecular flexibility index (Phi) is 5.68. The second-order valence-electron chi connectivity index (χ2n) is 6.20. The van der Waals surface area contributed by atoms with Crippen LogP contribution in [0.1, 0.15) is 22.3 Å². The largest absolute Gasteiger partial charge is 0.457 e. The number of esters is 1. The van der Waals surface area contributed by atoms with Crippen LogP contribution in [-0.2, 0) is 20.9 Å². The molecular formula is C20H18ClNO4. The molecule has 2 aromatic carbocycles. The molecule has 1 aliphatic rings. The molecule has 1 amide bonds. The molecule has 0 bridgehead atoms. The van der Waals surface area contributed by atoms with Gasteiger partial charge in [0.05, 0.1) is 5.92 Å². The molecule has 5 nitrogen and oxygen atoms in total. The molecule has 1 heterocycles. The highest BCUT2D eigenvalue weighted by Crippen LogP contribution is 2.21. The normalized spacial score (nSPS) is 16.6. The van der Waals surface area contributed by atoms with E-state index in [9.17, 15) is 14.4 Å². The summed E-state index contributed by atoms with van der Waals surface area (Å²) < 4.78 is 5.12. The third-order valence-corrected chi connectivity index (χ3v) is 4.53. The lowest BCUT2D eigenvalue weighted by atomic mass is 10.1. The highest BCUT2D eigenvalue weighted by Gasteiger charge is 2.35. The van der Waals surface area contributed by atoms with Crippen LogP contribution < -0.4 is 0 Å². The van der Waals surface area contributed by atoms with Crippen LogP contribution in [0.4, 0.5) is 0 Å². The van der Waals surface area contributed by atoms with E-state index in [2.05, 4.69) is 0 Å². The van der Waals surface area contributed by atoms with Gasteiger partial charge in [0.1, 0.15) is 0 Å². The van der Waals surface area contributed by atoms with Crippen LogP contribution in [0.15, 0.2) is 54.6 Å². The number of ketones is 1. The summed E-state index contributed by atoms with van der Waals surface area (Å²) in [6.07, 6.45) is 0.112. The minimum absolute atomic E-state index is 0.0835. The van der Waals surface area contributed by atoms with E-state index in [1.165, 1.54) is 0 Å². The molecule has 1 fully saturated rings. The Morgan fingerprint density at radius 2 is 1.77 bits per heavy atom. The molecule has 0 aliphatic carbocycles. The maximum absolute atomic E-state index is 12.2. The number of ether oxygens (including phenoxy) is 1. The molecule has 134 valence electrons. The number of hydrogen-bond acceptors (Lipinski definition) is 4. The van der Waals surface area contributed by atoms with Crippen molar-refractivity contribution in [3.05, 3.63) is 70.7 Å². The predicted octanol–water partition coefficient (Wildman–Crippen LogP) is 3.11. The third-order valence-electron chi connectivity index (χ3n) is 4.28. The molecule has 0 saturated carbocycles. The van der Waals surface area contributed by atoms with Gasteiger partial charge in [0.15, 0.2) is 12.4 Å². The van der Waals surface area contributed by atoms with E-state index in [1.54, 1.807) is 29.2 Å². The van der Waals surface area contributed by atoms with Crippen molar-refractivity contribution in [3.63, 3.8) is 0 Å². The molecule has 0 radical (unpaired) electrons. The minimum Gasteiger partial charge on any atom is -0.457 e. The van der Waals surface area contributed by atoms with Crippen molar-refractivity contribution in [2.45, 2.75) is 13.0 Å². The average Bonchev–Trinajstić information content (AvgIpc) is 3.01. The van der Waals surface area contributed by atoms with Crippen LogP contribution in [-0.4, -0.2) is 35.7 Å². The minimum atomic E-state index is -0.538. The van der Waals surface area contributed by atoms with Gasteiger partial charge in [0.2, 0.25) is 5.91 Å². The van der Waals surface area contributed by atoms with Gasteiger partial charge >= 0.3 is 5.97 Å². The van der Waals surface area contributed by atoms with Gasteiger partial charge in [0.25, 0.3) is 0 Å². The van der Waals surface area contributed by atoms with E-state index in [0.717, 1.165) is 5.56 Å². The van der Waals surface area contributed by atoms with Gasteiger partial charge in [-0.15, -0.1) is 0 Å². The van der Waals surface area contributed by atoms with E-state index < -0.39 is 11.9 Å². The molecule has 1 saturated heterocycles. The summed E-state index contributed by atoms with van der Waals surface area (Å²) in [6.45, 7) is 0.429. The molecular weight excluding hydrogens is 354 g/mol. The summed E-state index contributed by atoms with van der Waals surface area (Å²) in [4.78, 5) is 38.0. The van der Waals surface area contributed by atoms with Crippen molar-refractivity contribution >= 4 is 29.3 Å². The molecule has 3 rings (SSSR count). The number of benzene rings is 2. The Hall–Kier alpha value is -2.66. The quantitative estimate of drug-likeness (QED) is 0.578. The van der Waals surface area contributed by atoms with Gasteiger partial charge in [-0.25, -0.2) is 0 Å².